The van der Waals surface area contributed by atoms with Crippen LogP contribution in [-0.4, -0.2) is 12.6 Å². The standard InChI is InChI=1S/C14H14O3/c1-14(6-7-14)13(15)5-3-10-2-4-11-12(8-10)17-9-16-11/h2-5,8H,6-7,9H2,1H3/b5-3+. The third-order valence-corrected chi connectivity index (χ3v) is 3.42. The summed E-state index contributed by atoms with van der Waals surface area (Å²) in [6.07, 6.45) is 5.53. The van der Waals surface area contributed by atoms with E-state index in [2.05, 4.69) is 0 Å². The van der Waals surface area contributed by atoms with E-state index in [4.69, 9.17) is 9.47 Å². The topological polar surface area (TPSA) is 35.5 Å². The van der Waals surface area contributed by atoms with Gasteiger partial charge >= 0.3 is 0 Å². The van der Waals surface area contributed by atoms with Crippen molar-refractivity contribution in [2.45, 2.75) is 19.8 Å². The maximum Gasteiger partial charge on any atom is 0.231 e. The van der Waals surface area contributed by atoms with Crippen molar-refractivity contribution in [2.24, 2.45) is 5.41 Å². The molecule has 0 saturated heterocycles. The lowest BCUT2D eigenvalue weighted by atomic mass is 10.0. The zero-order valence-corrected chi connectivity index (χ0v) is 9.73. The minimum absolute atomic E-state index is 0.0904. The first-order chi connectivity index (χ1) is 8.17. The Hall–Kier alpha value is -1.77. The van der Waals surface area contributed by atoms with E-state index in [9.17, 15) is 4.79 Å². The second kappa shape index (κ2) is 3.62. The van der Waals surface area contributed by atoms with Crippen LogP contribution in [0.25, 0.3) is 6.08 Å². The Kier molecular flexibility index (Phi) is 2.21. The van der Waals surface area contributed by atoms with Gasteiger partial charge in [-0.2, -0.15) is 0 Å². The molecule has 0 N–H and O–H groups in total. The predicted octanol–water partition coefficient (Wildman–Crippen LogP) is 2.80. The molecule has 1 aromatic carbocycles. The number of rotatable bonds is 3. The number of carbonyl (C=O) groups is 1. The van der Waals surface area contributed by atoms with Crippen LogP contribution in [0.15, 0.2) is 24.3 Å². The van der Waals surface area contributed by atoms with E-state index in [1.807, 2.05) is 31.2 Å². The molecule has 1 heterocycles. The van der Waals surface area contributed by atoms with Crippen LogP contribution in [0.1, 0.15) is 25.3 Å². The first-order valence-electron chi connectivity index (χ1n) is 5.80. The normalized spacial score (nSPS) is 19.6. The van der Waals surface area contributed by atoms with Crippen LogP contribution in [0.4, 0.5) is 0 Å². The lowest BCUT2D eigenvalue weighted by Gasteiger charge is -2.01. The van der Waals surface area contributed by atoms with E-state index >= 15 is 0 Å². The largest absolute Gasteiger partial charge is 0.454 e. The van der Waals surface area contributed by atoms with E-state index in [1.165, 1.54) is 0 Å². The van der Waals surface area contributed by atoms with Crippen molar-refractivity contribution >= 4 is 11.9 Å². The number of fused-ring (bicyclic) bond motifs is 1. The molecule has 0 bridgehead atoms. The molecule has 17 heavy (non-hydrogen) atoms. The van der Waals surface area contributed by atoms with Crippen molar-refractivity contribution in [3.05, 3.63) is 29.8 Å². The fourth-order valence-electron chi connectivity index (χ4n) is 1.82. The van der Waals surface area contributed by atoms with Crippen molar-refractivity contribution in [1.29, 1.82) is 0 Å². The Labute approximate surface area is 100 Å². The minimum atomic E-state index is -0.0904. The third kappa shape index (κ3) is 1.93. The van der Waals surface area contributed by atoms with Gasteiger partial charge in [0.25, 0.3) is 0 Å². The lowest BCUT2D eigenvalue weighted by Crippen LogP contribution is -2.07. The second-order valence-electron chi connectivity index (χ2n) is 4.87. The molecule has 1 aliphatic carbocycles. The van der Waals surface area contributed by atoms with Crippen LogP contribution in [0.2, 0.25) is 0 Å². The molecule has 0 aromatic heterocycles. The van der Waals surface area contributed by atoms with E-state index in [0.717, 1.165) is 29.9 Å². The average Bonchev–Trinajstić information content (AvgIpc) is 2.93. The Morgan fingerprint density at radius 1 is 1.29 bits per heavy atom. The molecule has 0 atom stereocenters. The van der Waals surface area contributed by atoms with E-state index in [-0.39, 0.29) is 18.0 Å². The summed E-state index contributed by atoms with van der Waals surface area (Å²) in [7, 11) is 0. The maximum absolute atomic E-state index is 11.8. The molecule has 3 nitrogen and oxygen atoms in total. The highest BCUT2D eigenvalue weighted by molar-refractivity contribution is 5.99. The Morgan fingerprint density at radius 2 is 2.06 bits per heavy atom. The summed E-state index contributed by atoms with van der Waals surface area (Å²) in [5, 5.41) is 0. The molecule has 1 saturated carbocycles. The smallest absolute Gasteiger partial charge is 0.231 e. The van der Waals surface area contributed by atoms with Crippen molar-refractivity contribution in [1.82, 2.24) is 0 Å². The number of ether oxygens (including phenoxy) is 2. The molecular weight excluding hydrogens is 216 g/mol. The maximum atomic E-state index is 11.8. The van der Waals surface area contributed by atoms with Gasteiger partial charge in [0.05, 0.1) is 0 Å². The van der Waals surface area contributed by atoms with Gasteiger partial charge in [-0.25, -0.2) is 0 Å². The van der Waals surface area contributed by atoms with Crippen LogP contribution in [0, 0.1) is 5.41 Å². The van der Waals surface area contributed by atoms with Crippen LogP contribution in [0.3, 0.4) is 0 Å². The minimum Gasteiger partial charge on any atom is -0.454 e. The van der Waals surface area contributed by atoms with Crippen LogP contribution >= 0.6 is 0 Å². The van der Waals surface area contributed by atoms with Gasteiger partial charge in [-0.15, -0.1) is 0 Å². The van der Waals surface area contributed by atoms with Crippen molar-refractivity contribution < 1.29 is 14.3 Å². The van der Waals surface area contributed by atoms with Gasteiger partial charge in [0, 0.05) is 5.41 Å². The zero-order chi connectivity index (χ0) is 11.9. The number of hydrogen-bond acceptors (Lipinski definition) is 3. The summed E-state index contributed by atoms with van der Waals surface area (Å²) < 4.78 is 10.5. The molecular formula is C14H14O3. The molecule has 1 aromatic rings. The molecule has 88 valence electrons. The van der Waals surface area contributed by atoms with Gasteiger partial charge in [0.15, 0.2) is 17.3 Å². The molecule has 1 fully saturated rings. The van der Waals surface area contributed by atoms with Gasteiger partial charge in [0.1, 0.15) is 0 Å². The molecule has 3 heteroatoms. The number of ketones is 1. The van der Waals surface area contributed by atoms with Gasteiger partial charge in [0.2, 0.25) is 6.79 Å². The van der Waals surface area contributed by atoms with Crippen LogP contribution in [-0.2, 0) is 4.79 Å². The van der Waals surface area contributed by atoms with Crippen molar-refractivity contribution in [3.8, 4) is 11.5 Å². The van der Waals surface area contributed by atoms with Crippen LogP contribution < -0.4 is 9.47 Å². The van der Waals surface area contributed by atoms with Crippen molar-refractivity contribution in [2.75, 3.05) is 6.79 Å². The summed E-state index contributed by atoms with van der Waals surface area (Å²) in [4.78, 5) is 11.8. The Balaban J connectivity index is 1.77. The number of carbonyl (C=O) groups excluding carboxylic acids is 1. The zero-order valence-electron chi connectivity index (χ0n) is 9.73. The van der Waals surface area contributed by atoms with Gasteiger partial charge in [-0.05, 0) is 36.6 Å². The summed E-state index contributed by atoms with van der Waals surface area (Å²) in [6.45, 7) is 2.29. The SMILES string of the molecule is CC1(C(=O)/C=C/c2ccc3c(c2)OCO3)CC1. The average molecular weight is 230 g/mol. The lowest BCUT2D eigenvalue weighted by molar-refractivity contribution is -0.118. The summed E-state index contributed by atoms with van der Waals surface area (Å²) in [5.74, 6) is 1.73. The highest BCUT2D eigenvalue weighted by Crippen LogP contribution is 2.46. The Bertz CT molecular complexity index is 498. The summed E-state index contributed by atoms with van der Waals surface area (Å²) in [5.41, 5.74) is 0.874. The number of benzene rings is 1. The first kappa shape index (κ1) is 10.4. The molecule has 2 aliphatic rings. The van der Waals surface area contributed by atoms with E-state index < -0.39 is 0 Å². The fraction of sp³-hybridized carbons (Fsp3) is 0.357. The number of hydrogen-bond donors (Lipinski definition) is 0. The monoisotopic (exact) mass is 230 g/mol. The van der Waals surface area contributed by atoms with Crippen molar-refractivity contribution in [3.63, 3.8) is 0 Å². The second-order valence-corrected chi connectivity index (χ2v) is 4.87. The molecule has 0 unspecified atom stereocenters. The molecule has 0 spiro atoms. The Morgan fingerprint density at radius 3 is 2.82 bits per heavy atom. The van der Waals surface area contributed by atoms with E-state index in [0.29, 0.717) is 0 Å². The predicted molar refractivity (Wildman–Crippen MR) is 63.9 cm³/mol. The molecule has 0 amide bonds. The molecule has 0 radical (unpaired) electrons. The highest BCUT2D eigenvalue weighted by atomic mass is 16.7. The fourth-order valence-corrected chi connectivity index (χ4v) is 1.82. The quantitative estimate of drug-likeness (QED) is 0.749. The first-order valence-corrected chi connectivity index (χ1v) is 5.80. The van der Waals surface area contributed by atoms with Gasteiger partial charge in [-0.3, -0.25) is 4.79 Å². The molecule has 3 rings (SSSR count). The summed E-state index contributed by atoms with van der Waals surface area (Å²) >= 11 is 0. The molecule has 1 aliphatic heterocycles. The third-order valence-electron chi connectivity index (χ3n) is 3.42. The summed E-state index contributed by atoms with van der Waals surface area (Å²) in [6, 6.07) is 5.68. The van der Waals surface area contributed by atoms with Crippen LogP contribution in [0.5, 0.6) is 11.5 Å². The van der Waals surface area contributed by atoms with E-state index in [1.54, 1.807) is 6.08 Å². The van der Waals surface area contributed by atoms with Gasteiger partial charge in [-0.1, -0.05) is 19.1 Å². The van der Waals surface area contributed by atoms with Gasteiger partial charge < -0.3 is 9.47 Å². The number of allylic oxidation sites excluding steroid dienone is 1. The highest BCUT2D eigenvalue weighted by Gasteiger charge is 2.42.